The second kappa shape index (κ2) is 2.99. The van der Waals surface area contributed by atoms with Crippen molar-refractivity contribution in [1.29, 1.82) is 0 Å². The van der Waals surface area contributed by atoms with Crippen LogP contribution in [0.25, 0.3) is 11.6 Å². The molecule has 13 heavy (non-hydrogen) atoms. The first-order valence-electron chi connectivity index (χ1n) is 3.90. The molecular formula is C8H9FN2OS. The Hall–Kier alpha value is -1.10. The highest BCUT2D eigenvalue weighted by Gasteiger charge is 2.14. The quantitative estimate of drug-likeness (QED) is 0.711. The topological polar surface area (TPSA) is 48.1 Å². The molecule has 0 aliphatic heterocycles. The summed E-state index contributed by atoms with van der Waals surface area (Å²) in [4.78, 5) is 3.91. The second-order valence-corrected chi connectivity index (χ2v) is 3.79. The molecule has 0 amide bonds. The molecule has 2 rings (SSSR count). The first-order chi connectivity index (χ1) is 6.22. The molecule has 0 saturated heterocycles. The Balaban J connectivity index is 2.85. The van der Waals surface area contributed by atoms with E-state index in [2.05, 4.69) is 4.98 Å². The highest BCUT2D eigenvalue weighted by atomic mass is 32.1. The lowest BCUT2D eigenvalue weighted by molar-refractivity contribution is 0.347. The van der Waals surface area contributed by atoms with E-state index >= 15 is 0 Å². The third-order valence-electron chi connectivity index (χ3n) is 1.97. The summed E-state index contributed by atoms with van der Waals surface area (Å²) >= 11 is 1.27. The predicted octanol–water partition coefficient (Wildman–Crippen LogP) is 0.351. The number of nitrogens with zero attached hydrogens (tertiary/aromatic N) is 1. The molecule has 0 unspecified atom stereocenters. The molecule has 0 bridgehead atoms. The number of anilines is 1. The van der Waals surface area contributed by atoms with Gasteiger partial charge in [-0.3, -0.25) is 0 Å². The van der Waals surface area contributed by atoms with E-state index in [-0.39, 0.29) is 5.83 Å². The van der Waals surface area contributed by atoms with Crippen molar-refractivity contribution >= 4 is 28.1 Å². The smallest absolute Gasteiger partial charge is 0.181 e. The molecule has 3 nitrogen and oxygen atoms in total. The summed E-state index contributed by atoms with van der Waals surface area (Å²) in [6, 6.07) is 0. The van der Waals surface area contributed by atoms with E-state index in [1.165, 1.54) is 11.3 Å². The number of aromatic nitrogens is 1. The first kappa shape index (κ1) is 8.50. The molecule has 1 aromatic heterocycles. The minimum atomic E-state index is -0.191. The number of fused-ring (bicyclic) bond motifs is 1. The zero-order chi connectivity index (χ0) is 9.42. The predicted molar refractivity (Wildman–Crippen MR) is 49.9 cm³/mol. The Morgan fingerprint density at radius 1 is 1.54 bits per heavy atom. The van der Waals surface area contributed by atoms with Crippen LogP contribution in [0.3, 0.4) is 0 Å². The minimum Gasteiger partial charge on any atom is -0.500 e. The lowest BCUT2D eigenvalue weighted by atomic mass is 10.2. The molecule has 1 heterocycles. The molecule has 1 aliphatic carbocycles. The van der Waals surface area contributed by atoms with E-state index < -0.39 is 0 Å². The van der Waals surface area contributed by atoms with Crippen LogP contribution in [0, 0.1) is 0 Å². The zero-order valence-corrected chi connectivity index (χ0v) is 7.95. The fourth-order valence-corrected chi connectivity index (χ4v) is 2.26. The number of hydrogen-bond acceptors (Lipinski definition) is 4. The summed E-state index contributed by atoms with van der Waals surface area (Å²) in [5.74, 6) is 0.592. The maximum atomic E-state index is 13.2. The zero-order valence-electron chi connectivity index (χ0n) is 7.13. The van der Waals surface area contributed by atoms with E-state index in [4.69, 9.17) is 10.5 Å². The number of thiazole rings is 1. The van der Waals surface area contributed by atoms with Crippen molar-refractivity contribution < 1.29 is 9.13 Å². The van der Waals surface area contributed by atoms with Crippen molar-refractivity contribution in [2.24, 2.45) is 0 Å². The molecule has 0 fully saturated rings. The van der Waals surface area contributed by atoms with E-state index in [9.17, 15) is 4.39 Å². The minimum absolute atomic E-state index is 0.191. The van der Waals surface area contributed by atoms with Crippen molar-refractivity contribution in [2.75, 3.05) is 12.8 Å². The number of hydrogen-bond donors (Lipinski definition) is 1. The molecule has 0 spiro atoms. The van der Waals surface area contributed by atoms with Gasteiger partial charge in [0.2, 0.25) is 0 Å². The number of nitrogens with two attached hydrogens (primary N) is 1. The average molecular weight is 200 g/mol. The number of halogens is 1. The summed E-state index contributed by atoms with van der Waals surface area (Å²) < 4.78 is 19.1. The molecule has 70 valence electrons. The maximum Gasteiger partial charge on any atom is 0.181 e. The van der Waals surface area contributed by atoms with Crippen LogP contribution < -0.4 is 15.6 Å². The van der Waals surface area contributed by atoms with Crippen molar-refractivity contribution in [3.8, 4) is 0 Å². The van der Waals surface area contributed by atoms with Crippen molar-refractivity contribution in [3.63, 3.8) is 0 Å². The van der Waals surface area contributed by atoms with Crippen LogP contribution in [0.4, 0.5) is 9.52 Å². The Bertz CT molecular complexity index is 451. The van der Waals surface area contributed by atoms with Gasteiger partial charge in [0.1, 0.15) is 16.9 Å². The third-order valence-corrected chi connectivity index (χ3v) is 2.90. The van der Waals surface area contributed by atoms with Gasteiger partial charge in [0.25, 0.3) is 0 Å². The number of methoxy groups -OCH3 is 1. The Kier molecular flexibility index (Phi) is 1.95. The number of nitrogen functional groups attached to an aromatic ring is 1. The second-order valence-electron chi connectivity index (χ2n) is 2.76. The van der Waals surface area contributed by atoms with Gasteiger partial charge in [0.15, 0.2) is 5.13 Å². The fraction of sp³-hybridized carbons (Fsp3) is 0.375. The highest BCUT2D eigenvalue weighted by Crippen LogP contribution is 2.17. The molecule has 0 saturated carbocycles. The van der Waals surface area contributed by atoms with Crippen LogP contribution in [0.2, 0.25) is 0 Å². The summed E-state index contributed by atoms with van der Waals surface area (Å²) in [6.07, 6.45) is 0.955. The monoisotopic (exact) mass is 200 g/mol. The van der Waals surface area contributed by atoms with Gasteiger partial charge in [-0.1, -0.05) is 11.3 Å². The van der Waals surface area contributed by atoms with Gasteiger partial charge in [-0.15, -0.1) is 0 Å². The van der Waals surface area contributed by atoms with Crippen molar-refractivity contribution in [2.45, 2.75) is 12.8 Å². The van der Waals surface area contributed by atoms with Crippen LogP contribution in [0.5, 0.6) is 0 Å². The molecule has 2 N–H and O–H groups in total. The molecule has 0 atom stereocenters. The van der Waals surface area contributed by atoms with Gasteiger partial charge in [0, 0.05) is 12.8 Å². The van der Waals surface area contributed by atoms with Gasteiger partial charge in [0.05, 0.1) is 11.6 Å². The van der Waals surface area contributed by atoms with Crippen LogP contribution in [-0.2, 0) is 4.74 Å². The first-order valence-corrected chi connectivity index (χ1v) is 4.72. The van der Waals surface area contributed by atoms with Crippen LogP contribution >= 0.6 is 11.3 Å². The number of rotatable bonds is 1. The highest BCUT2D eigenvalue weighted by molar-refractivity contribution is 7.13. The standard InChI is InChI=1S/C8H9FN2OS/c1-12-5-3-2-4(9)6-7(5)13-8(10)11-6/h2-3H2,1H3,(H2,10,11). The average Bonchev–Trinajstić information content (AvgIpc) is 2.48. The Labute approximate surface area is 78.4 Å². The molecule has 0 aromatic carbocycles. The fourth-order valence-electron chi connectivity index (χ4n) is 1.36. The SMILES string of the molecule is COC1=c2sc(N)nc2=C(F)CC1. The van der Waals surface area contributed by atoms with Gasteiger partial charge < -0.3 is 10.5 Å². The summed E-state index contributed by atoms with van der Waals surface area (Å²) in [7, 11) is 1.58. The van der Waals surface area contributed by atoms with Gasteiger partial charge in [-0.25, -0.2) is 9.37 Å². The Morgan fingerprint density at radius 2 is 2.31 bits per heavy atom. The van der Waals surface area contributed by atoms with Gasteiger partial charge >= 0.3 is 0 Å². The van der Waals surface area contributed by atoms with Crippen LogP contribution in [0.1, 0.15) is 12.8 Å². The van der Waals surface area contributed by atoms with E-state index in [1.54, 1.807) is 7.11 Å². The third kappa shape index (κ3) is 1.29. The molecule has 1 aliphatic rings. The van der Waals surface area contributed by atoms with Crippen LogP contribution in [0.15, 0.2) is 0 Å². The lowest BCUT2D eigenvalue weighted by Gasteiger charge is -2.06. The van der Waals surface area contributed by atoms with Gasteiger partial charge in [-0.05, 0) is 0 Å². The van der Waals surface area contributed by atoms with Crippen molar-refractivity contribution in [1.82, 2.24) is 4.98 Å². The molecule has 1 aromatic rings. The van der Waals surface area contributed by atoms with Crippen molar-refractivity contribution in [3.05, 3.63) is 9.88 Å². The summed E-state index contributed by atoms with van der Waals surface area (Å²) in [6.45, 7) is 0. The van der Waals surface area contributed by atoms with E-state index in [1.807, 2.05) is 0 Å². The van der Waals surface area contributed by atoms with Gasteiger partial charge in [-0.2, -0.15) is 0 Å². The lowest BCUT2D eigenvalue weighted by Crippen LogP contribution is -2.29. The largest absolute Gasteiger partial charge is 0.500 e. The summed E-state index contributed by atoms with van der Waals surface area (Å²) in [5, 5.41) is 0.752. The summed E-state index contributed by atoms with van der Waals surface area (Å²) in [5.41, 5.74) is 5.50. The maximum absolute atomic E-state index is 13.2. The number of ether oxygens (including phenoxy) is 1. The van der Waals surface area contributed by atoms with E-state index in [0.29, 0.717) is 23.3 Å². The molecule has 5 heteroatoms. The Morgan fingerprint density at radius 3 is 3.00 bits per heavy atom. The van der Waals surface area contributed by atoms with Crippen LogP contribution in [-0.4, -0.2) is 12.1 Å². The molecular weight excluding hydrogens is 191 g/mol. The normalized spacial score (nSPS) is 15.8. The van der Waals surface area contributed by atoms with E-state index in [0.717, 1.165) is 10.3 Å². The molecule has 0 radical (unpaired) electrons.